The van der Waals surface area contributed by atoms with Gasteiger partial charge in [0.15, 0.2) is 5.78 Å². The SMILES string of the molecule is CC(=O)c1ccc(C)cc1CCc1ccccc1C. The molecular formula is C18H20O. The zero-order chi connectivity index (χ0) is 13.8. The van der Waals surface area contributed by atoms with Gasteiger partial charge >= 0.3 is 0 Å². The molecule has 2 aromatic rings. The molecule has 0 spiro atoms. The van der Waals surface area contributed by atoms with E-state index in [2.05, 4.69) is 44.2 Å². The molecule has 0 bridgehead atoms. The van der Waals surface area contributed by atoms with Crippen LogP contribution in [-0.4, -0.2) is 5.78 Å². The molecule has 0 N–H and O–H groups in total. The van der Waals surface area contributed by atoms with Crippen LogP contribution in [-0.2, 0) is 12.8 Å². The van der Waals surface area contributed by atoms with Gasteiger partial charge in [-0.15, -0.1) is 0 Å². The zero-order valence-corrected chi connectivity index (χ0v) is 11.9. The molecule has 0 aromatic heterocycles. The third-order valence-electron chi connectivity index (χ3n) is 3.56. The van der Waals surface area contributed by atoms with Crippen LogP contribution in [0, 0.1) is 13.8 Å². The van der Waals surface area contributed by atoms with Crippen LogP contribution in [0.15, 0.2) is 42.5 Å². The second kappa shape index (κ2) is 5.83. The van der Waals surface area contributed by atoms with Crippen LogP contribution in [0.4, 0.5) is 0 Å². The van der Waals surface area contributed by atoms with Crippen LogP contribution in [0.3, 0.4) is 0 Å². The molecule has 2 aromatic carbocycles. The lowest BCUT2D eigenvalue weighted by Crippen LogP contribution is -2.02. The van der Waals surface area contributed by atoms with Gasteiger partial charge in [-0.05, 0) is 50.3 Å². The van der Waals surface area contributed by atoms with Crippen LogP contribution < -0.4 is 0 Å². The Labute approximate surface area is 115 Å². The molecule has 0 atom stereocenters. The molecule has 2 rings (SSSR count). The second-order valence-electron chi connectivity index (χ2n) is 5.14. The highest BCUT2D eigenvalue weighted by Crippen LogP contribution is 2.17. The van der Waals surface area contributed by atoms with Crippen molar-refractivity contribution in [3.8, 4) is 0 Å². The summed E-state index contributed by atoms with van der Waals surface area (Å²) in [6.45, 7) is 5.85. The third kappa shape index (κ3) is 3.31. The molecule has 0 aliphatic heterocycles. The van der Waals surface area contributed by atoms with Crippen molar-refractivity contribution >= 4 is 5.78 Å². The number of hydrogen-bond acceptors (Lipinski definition) is 1. The van der Waals surface area contributed by atoms with Gasteiger partial charge in [0.05, 0.1) is 0 Å². The molecule has 98 valence electrons. The Morgan fingerprint density at radius 3 is 2.32 bits per heavy atom. The predicted octanol–water partition coefficient (Wildman–Crippen LogP) is 4.29. The Morgan fingerprint density at radius 2 is 1.63 bits per heavy atom. The van der Waals surface area contributed by atoms with E-state index in [4.69, 9.17) is 0 Å². The van der Waals surface area contributed by atoms with Crippen molar-refractivity contribution in [2.75, 3.05) is 0 Å². The van der Waals surface area contributed by atoms with Crippen molar-refractivity contribution in [1.82, 2.24) is 0 Å². The van der Waals surface area contributed by atoms with Crippen LogP contribution >= 0.6 is 0 Å². The van der Waals surface area contributed by atoms with E-state index in [-0.39, 0.29) is 5.78 Å². The highest BCUT2D eigenvalue weighted by molar-refractivity contribution is 5.95. The first-order valence-corrected chi connectivity index (χ1v) is 6.73. The molecule has 1 heteroatoms. The Morgan fingerprint density at radius 1 is 0.947 bits per heavy atom. The number of Topliss-reactive ketones (excluding diaryl/α,β-unsaturated/α-hetero) is 1. The summed E-state index contributed by atoms with van der Waals surface area (Å²) >= 11 is 0. The summed E-state index contributed by atoms with van der Waals surface area (Å²) in [7, 11) is 0. The lowest BCUT2D eigenvalue weighted by atomic mass is 9.95. The molecule has 0 heterocycles. The summed E-state index contributed by atoms with van der Waals surface area (Å²) in [5.41, 5.74) is 5.91. The minimum atomic E-state index is 0.153. The second-order valence-corrected chi connectivity index (χ2v) is 5.14. The summed E-state index contributed by atoms with van der Waals surface area (Å²) in [5.74, 6) is 0.153. The van der Waals surface area contributed by atoms with E-state index in [1.807, 2.05) is 12.1 Å². The average Bonchev–Trinajstić information content (AvgIpc) is 2.37. The minimum Gasteiger partial charge on any atom is -0.295 e. The molecule has 1 nitrogen and oxygen atoms in total. The Hall–Kier alpha value is -1.89. The van der Waals surface area contributed by atoms with Crippen molar-refractivity contribution in [2.45, 2.75) is 33.6 Å². The lowest BCUT2D eigenvalue weighted by molar-refractivity contribution is 0.101. The van der Waals surface area contributed by atoms with Gasteiger partial charge in [0.1, 0.15) is 0 Å². The average molecular weight is 252 g/mol. The monoisotopic (exact) mass is 252 g/mol. The topological polar surface area (TPSA) is 17.1 Å². The molecule has 19 heavy (non-hydrogen) atoms. The summed E-state index contributed by atoms with van der Waals surface area (Å²) in [4.78, 5) is 11.7. The summed E-state index contributed by atoms with van der Waals surface area (Å²) in [5, 5.41) is 0. The number of benzene rings is 2. The summed E-state index contributed by atoms with van der Waals surface area (Å²) < 4.78 is 0. The Bertz CT molecular complexity index is 596. The molecule has 0 saturated heterocycles. The minimum absolute atomic E-state index is 0.153. The zero-order valence-electron chi connectivity index (χ0n) is 11.9. The highest BCUT2D eigenvalue weighted by Gasteiger charge is 2.08. The predicted molar refractivity (Wildman–Crippen MR) is 79.8 cm³/mol. The maximum atomic E-state index is 11.7. The number of ketones is 1. The first kappa shape index (κ1) is 13.5. The highest BCUT2D eigenvalue weighted by atomic mass is 16.1. The van der Waals surface area contributed by atoms with Gasteiger partial charge in [0.2, 0.25) is 0 Å². The standard InChI is InChI=1S/C18H20O/c1-13-8-11-18(15(3)19)17(12-13)10-9-16-7-5-4-6-14(16)2/h4-8,11-12H,9-10H2,1-3H3. The van der Waals surface area contributed by atoms with Gasteiger partial charge in [-0.25, -0.2) is 0 Å². The van der Waals surface area contributed by atoms with E-state index in [1.165, 1.54) is 16.7 Å². The first-order valence-electron chi connectivity index (χ1n) is 6.73. The number of carbonyl (C=O) groups is 1. The largest absolute Gasteiger partial charge is 0.295 e. The number of carbonyl (C=O) groups excluding carboxylic acids is 1. The molecule has 0 aliphatic carbocycles. The van der Waals surface area contributed by atoms with Crippen LogP contribution in [0.2, 0.25) is 0 Å². The molecule has 0 saturated carbocycles. The van der Waals surface area contributed by atoms with E-state index in [0.717, 1.165) is 24.0 Å². The Balaban J connectivity index is 2.22. The van der Waals surface area contributed by atoms with Gasteiger partial charge in [0.25, 0.3) is 0 Å². The van der Waals surface area contributed by atoms with Crippen LogP contribution in [0.1, 0.15) is 39.5 Å². The van der Waals surface area contributed by atoms with Crippen molar-refractivity contribution < 1.29 is 4.79 Å². The van der Waals surface area contributed by atoms with Crippen molar-refractivity contribution in [3.05, 3.63) is 70.3 Å². The fourth-order valence-electron chi connectivity index (χ4n) is 2.43. The van der Waals surface area contributed by atoms with E-state index >= 15 is 0 Å². The first-order chi connectivity index (χ1) is 9.08. The normalized spacial score (nSPS) is 10.5. The quantitative estimate of drug-likeness (QED) is 0.742. The van der Waals surface area contributed by atoms with E-state index < -0.39 is 0 Å². The fraction of sp³-hybridized carbons (Fsp3) is 0.278. The third-order valence-corrected chi connectivity index (χ3v) is 3.56. The van der Waals surface area contributed by atoms with Gasteiger partial charge in [0, 0.05) is 5.56 Å². The summed E-state index contributed by atoms with van der Waals surface area (Å²) in [6, 6.07) is 14.5. The van der Waals surface area contributed by atoms with Crippen molar-refractivity contribution in [3.63, 3.8) is 0 Å². The maximum absolute atomic E-state index is 11.7. The number of aryl methyl sites for hydroxylation is 4. The molecule has 0 fully saturated rings. The van der Waals surface area contributed by atoms with Gasteiger partial charge in [-0.1, -0.05) is 48.0 Å². The van der Waals surface area contributed by atoms with E-state index in [0.29, 0.717) is 0 Å². The number of rotatable bonds is 4. The van der Waals surface area contributed by atoms with Crippen LogP contribution in [0.5, 0.6) is 0 Å². The Kier molecular flexibility index (Phi) is 4.16. The molecule has 0 radical (unpaired) electrons. The van der Waals surface area contributed by atoms with Gasteiger partial charge in [-0.3, -0.25) is 4.79 Å². The van der Waals surface area contributed by atoms with Crippen LogP contribution in [0.25, 0.3) is 0 Å². The van der Waals surface area contributed by atoms with Crippen molar-refractivity contribution in [1.29, 1.82) is 0 Å². The molecule has 0 unspecified atom stereocenters. The van der Waals surface area contributed by atoms with E-state index in [1.54, 1.807) is 6.92 Å². The smallest absolute Gasteiger partial charge is 0.160 e. The van der Waals surface area contributed by atoms with Crippen molar-refractivity contribution in [2.24, 2.45) is 0 Å². The maximum Gasteiger partial charge on any atom is 0.160 e. The molecule has 0 aliphatic rings. The lowest BCUT2D eigenvalue weighted by Gasteiger charge is -2.10. The van der Waals surface area contributed by atoms with Gasteiger partial charge in [-0.2, -0.15) is 0 Å². The number of hydrogen-bond donors (Lipinski definition) is 0. The summed E-state index contributed by atoms with van der Waals surface area (Å²) in [6.07, 6.45) is 1.90. The molecule has 0 amide bonds. The molecular weight excluding hydrogens is 232 g/mol. The van der Waals surface area contributed by atoms with Gasteiger partial charge < -0.3 is 0 Å². The van der Waals surface area contributed by atoms with E-state index in [9.17, 15) is 4.79 Å². The fourth-order valence-corrected chi connectivity index (χ4v) is 2.43.